The van der Waals surface area contributed by atoms with Crippen LogP contribution in [0.3, 0.4) is 0 Å². The van der Waals surface area contributed by atoms with Gasteiger partial charge in [0.15, 0.2) is 0 Å². The van der Waals surface area contributed by atoms with Gasteiger partial charge in [-0.15, -0.1) is 0 Å². The molecule has 6 nitrogen and oxygen atoms in total. The third kappa shape index (κ3) is 5.47. The predicted octanol–water partition coefficient (Wildman–Crippen LogP) is 4.54. The van der Waals surface area contributed by atoms with Gasteiger partial charge < -0.3 is 19.5 Å². The maximum atomic E-state index is 12.9. The Morgan fingerprint density at radius 1 is 0.968 bits per heavy atom. The highest BCUT2D eigenvalue weighted by molar-refractivity contribution is 6.30. The molecular weight excluding hydrogens is 418 g/mol. The van der Waals surface area contributed by atoms with Crippen LogP contribution in [-0.2, 0) is 25.6 Å². The van der Waals surface area contributed by atoms with E-state index in [1.165, 1.54) is 12.1 Å². The van der Waals surface area contributed by atoms with Gasteiger partial charge in [-0.1, -0.05) is 35.9 Å². The number of carbonyl (C=O) groups is 2. The van der Waals surface area contributed by atoms with Crippen molar-refractivity contribution in [1.82, 2.24) is 4.90 Å². The maximum Gasteiger partial charge on any atom is 0.336 e. The Morgan fingerprint density at radius 3 is 2.06 bits per heavy atom. The SMILES string of the molecule is CCOC(=O)C1=CN(Cc2ccc(Cl)cc2)C=C(C(=O)OCC)C1c1cccc(O)c1. The second-order valence-electron chi connectivity index (χ2n) is 6.94. The number of rotatable bonds is 7. The minimum absolute atomic E-state index is 0.0347. The number of nitrogens with zero attached hydrogens (tertiary/aromatic N) is 1. The molecule has 0 bridgehead atoms. The molecule has 0 spiro atoms. The molecule has 0 radical (unpaired) electrons. The third-order valence-corrected chi connectivity index (χ3v) is 4.99. The molecule has 3 rings (SSSR count). The summed E-state index contributed by atoms with van der Waals surface area (Å²) >= 11 is 5.97. The molecule has 0 fully saturated rings. The number of esters is 2. The van der Waals surface area contributed by atoms with E-state index in [1.54, 1.807) is 55.4 Å². The van der Waals surface area contributed by atoms with E-state index in [4.69, 9.17) is 21.1 Å². The normalized spacial score (nSPS) is 14.0. The van der Waals surface area contributed by atoms with Gasteiger partial charge in [0.2, 0.25) is 0 Å². The predicted molar refractivity (Wildman–Crippen MR) is 117 cm³/mol. The molecule has 1 aliphatic rings. The van der Waals surface area contributed by atoms with Crippen LogP contribution < -0.4 is 0 Å². The van der Waals surface area contributed by atoms with Crippen LogP contribution >= 0.6 is 11.6 Å². The van der Waals surface area contributed by atoms with Crippen molar-refractivity contribution in [2.75, 3.05) is 13.2 Å². The quantitative estimate of drug-likeness (QED) is 0.636. The molecule has 0 aromatic heterocycles. The number of benzene rings is 2. The fourth-order valence-electron chi connectivity index (χ4n) is 3.44. The van der Waals surface area contributed by atoms with Crippen molar-refractivity contribution in [3.05, 3.63) is 88.2 Å². The summed E-state index contributed by atoms with van der Waals surface area (Å²) < 4.78 is 10.5. The summed E-state index contributed by atoms with van der Waals surface area (Å²) in [6, 6.07) is 13.8. The van der Waals surface area contributed by atoms with Crippen molar-refractivity contribution < 1.29 is 24.2 Å². The number of halogens is 1. The first-order chi connectivity index (χ1) is 14.9. The van der Waals surface area contributed by atoms with Crippen LogP contribution in [0.2, 0.25) is 5.02 Å². The Balaban J connectivity index is 2.07. The minimum atomic E-state index is -0.730. The Bertz CT molecular complexity index is 977. The van der Waals surface area contributed by atoms with Gasteiger partial charge in [0.1, 0.15) is 5.75 Å². The molecule has 2 aromatic carbocycles. The average molecular weight is 442 g/mol. The zero-order valence-corrected chi connectivity index (χ0v) is 18.1. The summed E-state index contributed by atoms with van der Waals surface area (Å²) in [5.74, 6) is -1.77. The Morgan fingerprint density at radius 2 is 1.55 bits per heavy atom. The highest BCUT2D eigenvalue weighted by Crippen LogP contribution is 2.38. The van der Waals surface area contributed by atoms with Crippen LogP contribution in [0.15, 0.2) is 72.1 Å². The Hall–Kier alpha value is -3.25. The van der Waals surface area contributed by atoms with Gasteiger partial charge in [-0.25, -0.2) is 9.59 Å². The third-order valence-electron chi connectivity index (χ3n) is 4.74. The van der Waals surface area contributed by atoms with Crippen molar-refractivity contribution in [2.45, 2.75) is 26.3 Å². The van der Waals surface area contributed by atoms with Crippen LogP contribution in [0.1, 0.15) is 30.9 Å². The largest absolute Gasteiger partial charge is 0.508 e. The molecule has 31 heavy (non-hydrogen) atoms. The van der Waals surface area contributed by atoms with Crippen molar-refractivity contribution in [2.24, 2.45) is 0 Å². The zero-order chi connectivity index (χ0) is 22.4. The van der Waals surface area contributed by atoms with E-state index in [-0.39, 0.29) is 30.1 Å². The van der Waals surface area contributed by atoms with E-state index in [0.717, 1.165) is 5.56 Å². The summed E-state index contributed by atoms with van der Waals surface area (Å²) in [5.41, 5.74) is 2.10. The lowest BCUT2D eigenvalue weighted by molar-refractivity contribution is -0.139. The monoisotopic (exact) mass is 441 g/mol. The molecule has 1 N–H and O–H groups in total. The van der Waals surface area contributed by atoms with E-state index in [2.05, 4.69) is 0 Å². The average Bonchev–Trinajstić information content (AvgIpc) is 2.75. The lowest BCUT2D eigenvalue weighted by Crippen LogP contribution is -2.29. The van der Waals surface area contributed by atoms with Crippen LogP contribution in [0, 0.1) is 0 Å². The highest BCUT2D eigenvalue weighted by Gasteiger charge is 2.35. The van der Waals surface area contributed by atoms with Gasteiger partial charge in [-0.3, -0.25) is 0 Å². The standard InChI is InChI=1S/C24H24ClNO5/c1-3-30-23(28)20-14-26(13-16-8-10-18(25)11-9-16)15-21(24(29)31-4-2)22(20)17-6-5-7-19(27)12-17/h5-12,14-15,22,27H,3-4,13H2,1-2H3. The van der Waals surface area contributed by atoms with Crippen LogP contribution in [0.4, 0.5) is 0 Å². The molecule has 0 aliphatic carbocycles. The van der Waals surface area contributed by atoms with Crippen molar-refractivity contribution in [3.63, 3.8) is 0 Å². The number of hydrogen-bond donors (Lipinski definition) is 1. The topological polar surface area (TPSA) is 76.1 Å². The molecule has 1 aliphatic heterocycles. The van der Waals surface area contributed by atoms with Crippen LogP contribution in [0.5, 0.6) is 5.75 Å². The van der Waals surface area contributed by atoms with E-state index in [1.807, 2.05) is 12.1 Å². The lowest BCUT2D eigenvalue weighted by Gasteiger charge is -2.30. The van der Waals surface area contributed by atoms with Gasteiger partial charge in [-0.2, -0.15) is 0 Å². The van der Waals surface area contributed by atoms with E-state index in [0.29, 0.717) is 17.1 Å². The summed E-state index contributed by atoms with van der Waals surface area (Å²) in [7, 11) is 0. The van der Waals surface area contributed by atoms with Gasteiger partial charge in [0, 0.05) is 24.0 Å². The fraction of sp³-hybridized carbons (Fsp3) is 0.250. The number of phenolic OH excluding ortho intramolecular Hbond substituents is 1. The molecule has 2 aromatic rings. The molecule has 7 heteroatoms. The molecule has 0 saturated carbocycles. The van der Waals surface area contributed by atoms with Gasteiger partial charge in [0.25, 0.3) is 0 Å². The zero-order valence-electron chi connectivity index (χ0n) is 17.4. The Labute approximate surface area is 186 Å². The summed E-state index contributed by atoms with van der Waals surface area (Å²) in [4.78, 5) is 27.5. The van der Waals surface area contributed by atoms with E-state index < -0.39 is 17.9 Å². The molecule has 162 valence electrons. The molecule has 0 atom stereocenters. The first-order valence-electron chi connectivity index (χ1n) is 9.99. The van der Waals surface area contributed by atoms with Crippen molar-refractivity contribution >= 4 is 23.5 Å². The molecule has 1 heterocycles. The molecule has 0 saturated heterocycles. The molecule has 0 unspecified atom stereocenters. The van der Waals surface area contributed by atoms with Gasteiger partial charge >= 0.3 is 11.9 Å². The van der Waals surface area contributed by atoms with Crippen molar-refractivity contribution in [3.8, 4) is 5.75 Å². The first-order valence-corrected chi connectivity index (χ1v) is 10.4. The maximum absolute atomic E-state index is 12.9. The molecule has 0 amide bonds. The highest BCUT2D eigenvalue weighted by atomic mass is 35.5. The van der Waals surface area contributed by atoms with Crippen LogP contribution in [-0.4, -0.2) is 35.2 Å². The van der Waals surface area contributed by atoms with E-state index in [9.17, 15) is 14.7 Å². The summed E-state index contributed by atoms with van der Waals surface area (Å²) in [5, 5.41) is 10.6. The Kier molecular flexibility index (Phi) is 7.36. The lowest BCUT2D eigenvalue weighted by atomic mass is 9.83. The second-order valence-corrected chi connectivity index (χ2v) is 7.37. The van der Waals surface area contributed by atoms with Crippen molar-refractivity contribution in [1.29, 1.82) is 0 Å². The van der Waals surface area contributed by atoms with Gasteiger partial charge in [-0.05, 0) is 49.2 Å². The summed E-state index contributed by atoms with van der Waals surface area (Å²) in [6.45, 7) is 4.24. The minimum Gasteiger partial charge on any atom is -0.508 e. The number of ether oxygens (including phenoxy) is 2. The number of carbonyl (C=O) groups excluding carboxylic acids is 2. The first kappa shape index (κ1) is 22.4. The van der Waals surface area contributed by atoms with Gasteiger partial charge in [0.05, 0.1) is 30.3 Å². The molecular formula is C24H24ClNO5. The fourth-order valence-corrected chi connectivity index (χ4v) is 3.56. The number of hydrogen-bond acceptors (Lipinski definition) is 6. The van der Waals surface area contributed by atoms with E-state index >= 15 is 0 Å². The number of phenols is 1. The van der Waals surface area contributed by atoms with Crippen LogP contribution in [0.25, 0.3) is 0 Å². The summed E-state index contributed by atoms with van der Waals surface area (Å²) in [6.07, 6.45) is 3.34. The second kappa shape index (κ2) is 10.2. The smallest absolute Gasteiger partial charge is 0.336 e. The number of aromatic hydroxyl groups is 1.